The Balaban J connectivity index is 1.33. The summed E-state index contributed by atoms with van der Waals surface area (Å²) in [6.45, 7) is 10.8. The van der Waals surface area contributed by atoms with Crippen molar-refractivity contribution in [2.45, 2.75) is 155 Å². The Hall–Kier alpha value is -3.71. The van der Waals surface area contributed by atoms with Crippen LogP contribution in [0.3, 0.4) is 0 Å². The Morgan fingerprint density at radius 2 is 1.53 bits per heavy atom. The van der Waals surface area contributed by atoms with Crippen molar-refractivity contribution >= 4 is 41.4 Å². The van der Waals surface area contributed by atoms with Crippen molar-refractivity contribution in [2.75, 3.05) is 6.54 Å². The fraction of sp³-hybridized carbons (Fsp3) is 0.811. The van der Waals surface area contributed by atoms with Crippen LogP contribution in [0, 0.1) is 29.1 Å². The maximum absolute atomic E-state index is 14.6. The first-order chi connectivity index (χ1) is 24.0. The molecule has 6 amide bonds. The zero-order valence-corrected chi connectivity index (χ0v) is 31.0. The van der Waals surface area contributed by atoms with Gasteiger partial charge in [-0.3, -0.25) is 28.8 Å². The van der Waals surface area contributed by atoms with E-state index in [9.17, 15) is 33.6 Å². The van der Waals surface area contributed by atoms with Gasteiger partial charge in [0.15, 0.2) is 0 Å². The Morgan fingerprint density at radius 1 is 0.843 bits per heavy atom. The van der Waals surface area contributed by atoms with Crippen molar-refractivity contribution in [1.29, 1.82) is 0 Å². The highest BCUT2D eigenvalue weighted by Crippen LogP contribution is 2.48. The first-order valence-electron chi connectivity index (χ1n) is 19.1. The molecule has 14 nitrogen and oxygen atoms in total. The summed E-state index contributed by atoms with van der Waals surface area (Å²) < 4.78 is 5.11. The monoisotopic (exact) mass is 714 g/mol. The number of alkyl carbamates (subject to hydrolysis) is 1. The van der Waals surface area contributed by atoms with Crippen LogP contribution in [0.4, 0.5) is 4.79 Å². The fourth-order valence-corrected chi connectivity index (χ4v) is 8.52. The van der Waals surface area contributed by atoms with E-state index >= 15 is 0 Å². The second kappa shape index (κ2) is 15.9. The van der Waals surface area contributed by atoms with Gasteiger partial charge in [-0.15, -0.1) is 0 Å². The van der Waals surface area contributed by atoms with E-state index in [-0.39, 0.29) is 35.8 Å². The van der Waals surface area contributed by atoms with Crippen molar-refractivity contribution < 1.29 is 38.3 Å². The van der Waals surface area contributed by atoms with E-state index in [2.05, 4.69) is 26.6 Å². The lowest BCUT2D eigenvalue weighted by Gasteiger charge is -2.38. The van der Waals surface area contributed by atoms with Gasteiger partial charge in [0.25, 0.3) is 5.91 Å². The second-order valence-corrected chi connectivity index (χ2v) is 17.0. The Kier molecular flexibility index (Phi) is 12.0. The highest BCUT2D eigenvalue weighted by atomic mass is 16.6. The van der Waals surface area contributed by atoms with Crippen LogP contribution in [0.5, 0.6) is 0 Å². The van der Waals surface area contributed by atoms with Crippen LogP contribution in [-0.2, 0) is 33.5 Å². The van der Waals surface area contributed by atoms with Gasteiger partial charge in [-0.25, -0.2) is 4.79 Å². The molecule has 0 spiro atoms. The molecule has 2 heterocycles. The normalized spacial score (nSPS) is 28.3. The molecule has 0 aromatic rings. The third kappa shape index (κ3) is 9.40. The highest BCUT2D eigenvalue weighted by Gasteiger charge is 2.55. The minimum absolute atomic E-state index is 0.0114. The van der Waals surface area contributed by atoms with Crippen molar-refractivity contribution in [2.24, 2.45) is 29.1 Å². The fourth-order valence-electron chi connectivity index (χ4n) is 8.52. The Morgan fingerprint density at radius 3 is 2.16 bits per heavy atom. The van der Waals surface area contributed by atoms with Gasteiger partial charge in [0.05, 0.1) is 12.1 Å². The molecule has 5 N–H and O–H groups in total. The minimum Gasteiger partial charge on any atom is -0.447 e. The lowest BCUT2D eigenvalue weighted by Crippen LogP contribution is -2.63. The SMILES string of the molecule is CC(C)OC(=O)N[C@H](C)C(=O)N[C@H](C(=O)N[C@H](C(=O)N1C[C@@H]2CC3CC[C@@H](C(=O)C(=O)NC4CC4)NC(=O)[C@@H]1[C@H]2C3)C(C)(C)C)C1CCCCC1. The number of hydrogen-bond acceptors (Lipinski definition) is 8. The van der Waals surface area contributed by atoms with Crippen LogP contribution >= 0.6 is 0 Å². The molecule has 0 aromatic carbocycles. The van der Waals surface area contributed by atoms with Crippen molar-refractivity contribution in [3.05, 3.63) is 0 Å². The third-order valence-electron chi connectivity index (χ3n) is 11.4. The van der Waals surface area contributed by atoms with Crippen LogP contribution in [0.1, 0.15) is 112 Å². The van der Waals surface area contributed by atoms with Gasteiger partial charge in [0, 0.05) is 12.6 Å². The number of rotatable bonds is 11. The van der Waals surface area contributed by atoms with Gasteiger partial charge in [0.1, 0.15) is 24.2 Å². The molecule has 0 radical (unpaired) electrons. The van der Waals surface area contributed by atoms with Crippen molar-refractivity contribution in [3.63, 3.8) is 0 Å². The number of nitrogens with one attached hydrogen (secondary N) is 5. The van der Waals surface area contributed by atoms with E-state index in [0.29, 0.717) is 19.4 Å². The first kappa shape index (κ1) is 38.5. The zero-order valence-electron chi connectivity index (χ0n) is 31.0. The summed E-state index contributed by atoms with van der Waals surface area (Å²) in [6, 6.07) is -4.73. The summed E-state index contributed by atoms with van der Waals surface area (Å²) in [5.41, 5.74) is -0.766. The van der Waals surface area contributed by atoms with Crippen LogP contribution in [0.2, 0.25) is 0 Å². The molecule has 3 saturated carbocycles. The van der Waals surface area contributed by atoms with E-state index in [1.165, 1.54) is 6.92 Å². The number of ketones is 1. The lowest BCUT2D eigenvalue weighted by molar-refractivity contribution is -0.146. The van der Waals surface area contributed by atoms with E-state index in [4.69, 9.17) is 4.74 Å². The van der Waals surface area contributed by atoms with Crippen LogP contribution < -0.4 is 26.6 Å². The molecule has 5 aliphatic rings. The summed E-state index contributed by atoms with van der Waals surface area (Å²) in [5.74, 6) is -3.06. The molecule has 0 aromatic heterocycles. The molecule has 5 fully saturated rings. The van der Waals surface area contributed by atoms with Crippen molar-refractivity contribution in [3.8, 4) is 0 Å². The number of Topliss-reactive ketones (excluding diaryl/α,β-unsaturated/α-hetero) is 1. The summed E-state index contributed by atoms with van der Waals surface area (Å²) in [5, 5.41) is 13.9. The number of fused-ring (bicyclic) bond motifs is 1. The Labute approximate surface area is 301 Å². The van der Waals surface area contributed by atoms with Gasteiger partial charge >= 0.3 is 6.09 Å². The lowest BCUT2D eigenvalue weighted by atomic mass is 9.82. The quantitative estimate of drug-likeness (QED) is 0.201. The average Bonchev–Trinajstić information content (AvgIpc) is 3.67. The topological polar surface area (TPSA) is 192 Å². The molecule has 1 unspecified atom stereocenters. The maximum Gasteiger partial charge on any atom is 0.408 e. The number of carbonyl (C=O) groups is 7. The number of ether oxygens (including phenoxy) is 1. The summed E-state index contributed by atoms with van der Waals surface area (Å²) in [7, 11) is 0. The molecular weight excluding hydrogens is 656 g/mol. The standard InChI is InChI=1S/C37H58N6O8/c1-19(2)51-36(50)38-20(3)31(45)41-27(22-10-8-7-9-11-22)32(46)42-30(37(4,5)6)35(49)43-18-23-16-21-12-15-26(29(44)34(48)39-24-13-14-24)40-33(47)28(43)25(23)17-21/h19-28,30H,7-18H2,1-6H3,(H,38,50)(H,39,48)(H,40,47)(H,41,45)(H,42,46)/t20-,21?,23+,25+,26+,27+,28+,30-/m1/s1. The van der Waals surface area contributed by atoms with Gasteiger partial charge in [-0.1, -0.05) is 40.0 Å². The summed E-state index contributed by atoms with van der Waals surface area (Å²) in [4.78, 5) is 95.8. The molecule has 5 rings (SSSR count). The molecule has 8 atom stereocenters. The van der Waals surface area contributed by atoms with E-state index in [1.807, 2.05) is 20.8 Å². The number of hydrogen-bond donors (Lipinski definition) is 5. The molecule has 14 heteroatoms. The van der Waals surface area contributed by atoms with Crippen molar-refractivity contribution in [1.82, 2.24) is 31.5 Å². The van der Waals surface area contributed by atoms with Gasteiger partial charge < -0.3 is 36.2 Å². The van der Waals surface area contributed by atoms with Crippen LogP contribution in [0.25, 0.3) is 0 Å². The first-order valence-corrected chi connectivity index (χ1v) is 19.1. The average molecular weight is 715 g/mol. The molecule has 3 aliphatic carbocycles. The minimum atomic E-state index is -1.03. The second-order valence-electron chi connectivity index (χ2n) is 17.0. The van der Waals surface area contributed by atoms with Gasteiger partial charge in [0.2, 0.25) is 29.4 Å². The van der Waals surface area contributed by atoms with Crippen LogP contribution in [-0.4, -0.2) is 95.2 Å². The number of nitrogens with zero attached hydrogens (tertiary/aromatic N) is 1. The zero-order chi connectivity index (χ0) is 37.2. The predicted octanol–water partition coefficient (Wildman–Crippen LogP) is 2.09. The molecule has 2 aliphatic heterocycles. The highest BCUT2D eigenvalue weighted by molar-refractivity contribution is 6.38. The molecule has 2 bridgehead atoms. The van der Waals surface area contributed by atoms with Gasteiger partial charge in [-0.2, -0.15) is 0 Å². The van der Waals surface area contributed by atoms with Gasteiger partial charge in [-0.05, 0) is 101 Å². The predicted molar refractivity (Wildman–Crippen MR) is 187 cm³/mol. The van der Waals surface area contributed by atoms with Crippen LogP contribution in [0.15, 0.2) is 0 Å². The van der Waals surface area contributed by atoms with E-state index in [0.717, 1.165) is 57.8 Å². The molecular formula is C37H58N6O8. The summed E-state index contributed by atoms with van der Waals surface area (Å²) in [6.07, 6.45) is 7.51. The Bertz CT molecular complexity index is 1370. The largest absolute Gasteiger partial charge is 0.447 e. The summed E-state index contributed by atoms with van der Waals surface area (Å²) >= 11 is 0. The smallest absolute Gasteiger partial charge is 0.408 e. The van der Waals surface area contributed by atoms with E-state index in [1.54, 1.807) is 18.7 Å². The molecule has 51 heavy (non-hydrogen) atoms. The molecule has 2 saturated heterocycles. The third-order valence-corrected chi connectivity index (χ3v) is 11.4. The molecule has 284 valence electrons. The number of carbonyl (C=O) groups excluding carboxylic acids is 7. The maximum atomic E-state index is 14.6. The van der Waals surface area contributed by atoms with E-state index < -0.39 is 77.0 Å². The number of amides is 6. The number of likely N-dealkylation sites (tertiary alicyclic amines) is 1.